The highest BCUT2D eigenvalue weighted by Gasteiger charge is 2.02. The van der Waals surface area contributed by atoms with Crippen LogP contribution in [0.25, 0.3) is 0 Å². The van der Waals surface area contributed by atoms with Gasteiger partial charge in [0.1, 0.15) is 11.5 Å². The fraction of sp³-hybridized carbons (Fsp3) is 0.385. The maximum atomic E-state index is 11.2. The first-order valence-electron chi connectivity index (χ1n) is 5.36. The zero-order valence-electron chi connectivity index (χ0n) is 9.40. The summed E-state index contributed by atoms with van der Waals surface area (Å²) in [5.74, 6) is 0.817. The zero-order chi connectivity index (χ0) is 11.8. The highest BCUT2D eigenvalue weighted by Crippen LogP contribution is 2.14. The first kappa shape index (κ1) is 12.3. The first-order chi connectivity index (χ1) is 7.76. The van der Waals surface area contributed by atoms with Gasteiger partial charge in [-0.05, 0) is 31.0 Å². The lowest BCUT2D eigenvalue weighted by atomic mass is 10.1. The summed E-state index contributed by atoms with van der Waals surface area (Å²) in [5.41, 5.74) is 1.07. The minimum absolute atomic E-state index is 0.00511. The number of benzene rings is 1. The van der Waals surface area contributed by atoms with Gasteiger partial charge in [0.25, 0.3) is 0 Å². The average molecular weight is 217 g/mol. The lowest BCUT2D eigenvalue weighted by Gasteiger charge is -2.05. The largest absolute Gasteiger partial charge is 0.494 e. The molecular weight excluding hydrogens is 202 g/mol. The molecule has 0 aliphatic carbocycles. The molecule has 0 radical (unpaired) electrons. The molecule has 16 heavy (non-hydrogen) atoms. The van der Waals surface area contributed by atoms with Gasteiger partial charge in [0.05, 0.1) is 19.1 Å². The molecular formula is C13H15NO2. The van der Waals surface area contributed by atoms with Gasteiger partial charge < -0.3 is 4.74 Å². The molecule has 0 aromatic heterocycles. The lowest BCUT2D eigenvalue weighted by molar-refractivity contribution is -0.118. The molecule has 0 spiro atoms. The topological polar surface area (TPSA) is 50.1 Å². The highest BCUT2D eigenvalue weighted by molar-refractivity contribution is 5.80. The molecule has 0 heterocycles. The molecule has 0 saturated heterocycles. The van der Waals surface area contributed by atoms with Gasteiger partial charge >= 0.3 is 0 Å². The molecule has 1 aromatic carbocycles. The van der Waals surface area contributed by atoms with Crippen molar-refractivity contribution >= 4 is 5.78 Å². The number of ether oxygens (including phenoxy) is 1. The van der Waals surface area contributed by atoms with E-state index in [4.69, 9.17) is 10.00 Å². The van der Waals surface area contributed by atoms with Crippen molar-refractivity contribution in [3.63, 3.8) is 0 Å². The van der Waals surface area contributed by atoms with E-state index in [9.17, 15) is 4.79 Å². The summed E-state index contributed by atoms with van der Waals surface area (Å²) < 4.78 is 5.36. The van der Waals surface area contributed by atoms with Crippen molar-refractivity contribution in [3.05, 3.63) is 29.8 Å². The second-order valence-corrected chi connectivity index (χ2v) is 3.45. The van der Waals surface area contributed by atoms with Crippen molar-refractivity contribution in [2.45, 2.75) is 26.2 Å². The summed E-state index contributed by atoms with van der Waals surface area (Å²) in [5, 5.41) is 8.36. The SMILES string of the molecule is CCOc1cccc(CCC(=O)CC#N)c1. The molecule has 3 nitrogen and oxygen atoms in total. The van der Waals surface area contributed by atoms with E-state index in [0.717, 1.165) is 11.3 Å². The second-order valence-electron chi connectivity index (χ2n) is 3.45. The van der Waals surface area contributed by atoms with Crippen molar-refractivity contribution in [1.29, 1.82) is 5.26 Å². The Kier molecular flexibility index (Phi) is 5.07. The van der Waals surface area contributed by atoms with Crippen molar-refractivity contribution in [1.82, 2.24) is 0 Å². The second kappa shape index (κ2) is 6.62. The minimum atomic E-state index is -0.00990. The molecule has 0 fully saturated rings. The predicted molar refractivity (Wildman–Crippen MR) is 61.2 cm³/mol. The van der Waals surface area contributed by atoms with E-state index in [2.05, 4.69) is 0 Å². The van der Waals surface area contributed by atoms with Crippen LogP contribution in [-0.2, 0) is 11.2 Å². The number of carbonyl (C=O) groups is 1. The van der Waals surface area contributed by atoms with Crippen LogP contribution in [-0.4, -0.2) is 12.4 Å². The standard InChI is InChI=1S/C13H15NO2/c1-2-16-13-5-3-4-11(10-13)6-7-12(15)8-9-14/h3-5,10H,2,6-8H2,1H3. The summed E-state index contributed by atoms with van der Waals surface area (Å²) in [6, 6.07) is 9.56. The van der Waals surface area contributed by atoms with E-state index in [-0.39, 0.29) is 12.2 Å². The summed E-state index contributed by atoms with van der Waals surface area (Å²) in [6.45, 7) is 2.57. The van der Waals surface area contributed by atoms with Gasteiger partial charge in [-0.2, -0.15) is 5.26 Å². The Morgan fingerprint density at radius 2 is 2.31 bits per heavy atom. The number of nitrogens with zero attached hydrogens (tertiary/aromatic N) is 1. The molecule has 1 rings (SSSR count). The Hall–Kier alpha value is -1.82. The number of hydrogen-bond acceptors (Lipinski definition) is 3. The number of rotatable bonds is 6. The molecule has 0 saturated carbocycles. The van der Waals surface area contributed by atoms with Crippen LogP contribution >= 0.6 is 0 Å². The summed E-state index contributed by atoms with van der Waals surface area (Å²) in [6.07, 6.45) is 1.09. The molecule has 0 amide bonds. The van der Waals surface area contributed by atoms with Crippen molar-refractivity contribution in [2.75, 3.05) is 6.61 Å². The van der Waals surface area contributed by atoms with Gasteiger partial charge in [-0.25, -0.2) is 0 Å². The van der Waals surface area contributed by atoms with Gasteiger partial charge in [0.15, 0.2) is 0 Å². The first-order valence-corrected chi connectivity index (χ1v) is 5.36. The molecule has 0 aliphatic rings. The summed E-state index contributed by atoms with van der Waals surface area (Å²) in [4.78, 5) is 11.2. The van der Waals surface area contributed by atoms with Gasteiger partial charge in [-0.1, -0.05) is 12.1 Å². The summed E-state index contributed by atoms with van der Waals surface area (Å²) in [7, 11) is 0. The van der Waals surface area contributed by atoms with E-state index >= 15 is 0 Å². The Bertz CT molecular complexity index is 393. The van der Waals surface area contributed by atoms with Crippen molar-refractivity contribution < 1.29 is 9.53 Å². The smallest absolute Gasteiger partial charge is 0.147 e. The van der Waals surface area contributed by atoms with Crippen LogP contribution in [0.5, 0.6) is 5.75 Å². The molecule has 0 N–H and O–H groups in total. The predicted octanol–water partition coefficient (Wildman–Crippen LogP) is 2.50. The Labute approximate surface area is 95.7 Å². The van der Waals surface area contributed by atoms with Gasteiger partial charge in [-0.3, -0.25) is 4.79 Å². The molecule has 84 valence electrons. The Morgan fingerprint density at radius 3 is 3.00 bits per heavy atom. The number of Topliss-reactive ketones (excluding diaryl/α,β-unsaturated/α-hetero) is 1. The Morgan fingerprint density at radius 1 is 1.50 bits per heavy atom. The fourth-order valence-corrected chi connectivity index (χ4v) is 1.42. The van der Waals surface area contributed by atoms with Gasteiger partial charge in [-0.15, -0.1) is 0 Å². The van der Waals surface area contributed by atoms with Crippen LogP contribution < -0.4 is 4.74 Å². The number of nitriles is 1. The van der Waals surface area contributed by atoms with Crippen molar-refractivity contribution in [2.24, 2.45) is 0 Å². The normalized spacial score (nSPS) is 9.50. The lowest BCUT2D eigenvalue weighted by Crippen LogP contribution is -1.99. The molecule has 3 heteroatoms. The third-order valence-corrected chi connectivity index (χ3v) is 2.18. The van der Waals surface area contributed by atoms with Gasteiger partial charge in [0, 0.05) is 6.42 Å². The van der Waals surface area contributed by atoms with Crippen LogP contribution in [0.4, 0.5) is 0 Å². The zero-order valence-corrected chi connectivity index (χ0v) is 9.40. The van der Waals surface area contributed by atoms with Crippen LogP contribution in [0.15, 0.2) is 24.3 Å². The molecule has 1 aromatic rings. The van der Waals surface area contributed by atoms with Gasteiger partial charge in [0.2, 0.25) is 0 Å². The monoisotopic (exact) mass is 217 g/mol. The van der Waals surface area contributed by atoms with E-state index in [1.54, 1.807) is 0 Å². The number of aryl methyl sites for hydroxylation is 1. The summed E-state index contributed by atoms with van der Waals surface area (Å²) >= 11 is 0. The highest BCUT2D eigenvalue weighted by atomic mass is 16.5. The molecule has 0 aliphatic heterocycles. The van der Waals surface area contributed by atoms with Crippen LogP contribution in [0.3, 0.4) is 0 Å². The third kappa shape index (κ3) is 4.14. The molecule has 0 unspecified atom stereocenters. The van der Waals surface area contributed by atoms with Crippen LogP contribution in [0, 0.1) is 11.3 Å². The quantitative estimate of drug-likeness (QED) is 0.735. The Balaban J connectivity index is 2.51. The van der Waals surface area contributed by atoms with E-state index in [1.165, 1.54) is 0 Å². The van der Waals surface area contributed by atoms with Crippen LogP contribution in [0.2, 0.25) is 0 Å². The fourth-order valence-electron chi connectivity index (χ4n) is 1.42. The average Bonchev–Trinajstić information content (AvgIpc) is 2.28. The maximum Gasteiger partial charge on any atom is 0.147 e. The molecule has 0 bridgehead atoms. The number of ketones is 1. The minimum Gasteiger partial charge on any atom is -0.494 e. The van der Waals surface area contributed by atoms with Crippen molar-refractivity contribution in [3.8, 4) is 11.8 Å². The number of carbonyl (C=O) groups excluding carboxylic acids is 1. The maximum absolute atomic E-state index is 11.2. The number of hydrogen-bond donors (Lipinski definition) is 0. The van der Waals surface area contributed by atoms with E-state index in [1.807, 2.05) is 37.3 Å². The van der Waals surface area contributed by atoms with E-state index in [0.29, 0.717) is 19.4 Å². The third-order valence-electron chi connectivity index (χ3n) is 2.18. The van der Waals surface area contributed by atoms with Crippen LogP contribution in [0.1, 0.15) is 25.3 Å². The molecule has 0 atom stereocenters. The van der Waals surface area contributed by atoms with E-state index < -0.39 is 0 Å².